The van der Waals surface area contributed by atoms with Crippen LogP contribution >= 0.6 is 0 Å². The molecule has 30 heavy (non-hydrogen) atoms. The van der Waals surface area contributed by atoms with Crippen LogP contribution in [0.1, 0.15) is 12.0 Å². The minimum Gasteiger partial charge on any atom is -0.375 e. The predicted molar refractivity (Wildman–Crippen MR) is 115 cm³/mol. The van der Waals surface area contributed by atoms with Gasteiger partial charge in [0.2, 0.25) is 0 Å². The van der Waals surface area contributed by atoms with Crippen molar-refractivity contribution in [2.45, 2.75) is 13.3 Å². The molecule has 0 spiro atoms. The molecular weight excluding hydrogens is 406 g/mol. The van der Waals surface area contributed by atoms with E-state index in [0.717, 1.165) is 33.9 Å². The molecule has 1 N–H and O–H groups in total. The third-order valence-corrected chi connectivity index (χ3v) is 5.41. The maximum Gasteiger partial charge on any atom is 0.422 e. The number of imidazole rings is 1. The lowest BCUT2D eigenvalue weighted by atomic mass is 10.1. The van der Waals surface area contributed by atoms with Gasteiger partial charge in [-0.1, -0.05) is 17.2 Å². The summed E-state index contributed by atoms with van der Waals surface area (Å²) in [7, 11) is 1.44. The molecule has 3 aromatic rings. The number of aryl methyl sites for hydroxylation is 3. The Hall–Kier alpha value is -2.82. The number of benzene rings is 2. The lowest BCUT2D eigenvalue weighted by Gasteiger charge is -2.19. The summed E-state index contributed by atoms with van der Waals surface area (Å²) >= 11 is 0. The quantitative estimate of drug-likeness (QED) is 0.255. The van der Waals surface area contributed by atoms with Crippen molar-refractivity contribution in [1.29, 1.82) is 0 Å². The van der Waals surface area contributed by atoms with Gasteiger partial charge >= 0.3 is 16.3 Å². The molecule has 0 aliphatic rings. The van der Waals surface area contributed by atoms with Gasteiger partial charge in [-0.3, -0.25) is 4.55 Å². The SMILES string of the molecule is Cc1cc(N(C)CCCOS(=O)(=O)O)ccc1N=Nc1n(C)c2ccccc2[n+]1C. The summed E-state index contributed by atoms with van der Waals surface area (Å²) in [5, 5.41) is 8.92. The molecule has 0 unspecified atom stereocenters. The van der Waals surface area contributed by atoms with Crippen LogP contribution in [0.5, 0.6) is 0 Å². The Balaban J connectivity index is 1.71. The van der Waals surface area contributed by atoms with Gasteiger partial charge in [0.05, 0.1) is 20.7 Å². The van der Waals surface area contributed by atoms with Crippen molar-refractivity contribution in [3.8, 4) is 0 Å². The Bertz CT molecular complexity index is 1150. The Kier molecular flexibility index (Phi) is 6.49. The molecule has 0 saturated carbocycles. The highest BCUT2D eigenvalue weighted by Crippen LogP contribution is 2.26. The second kappa shape index (κ2) is 8.90. The Morgan fingerprint density at radius 2 is 1.93 bits per heavy atom. The molecule has 0 aliphatic carbocycles. The molecule has 0 saturated heterocycles. The number of azo groups is 1. The number of nitrogens with zero attached hydrogens (tertiary/aromatic N) is 5. The molecule has 0 aliphatic heterocycles. The van der Waals surface area contributed by atoms with Gasteiger partial charge in [0, 0.05) is 24.4 Å². The Morgan fingerprint density at radius 3 is 2.60 bits per heavy atom. The van der Waals surface area contributed by atoms with Gasteiger partial charge < -0.3 is 4.90 Å². The van der Waals surface area contributed by atoms with E-state index in [1.54, 1.807) is 0 Å². The maximum absolute atomic E-state index is 10.6. The number of aromatic nitrogens is 2. The fourth-order valence-electron chi connectivity index (χ4n) is 3.29. The lowest BCUT2D eigenvalue weighted by molar-refractivity contribution is -0.632. The van der Waals surface area contributed by atoms with E-state index in [1.165, 1.54) is 0 Å². The van der Waals surface area contributed by atoms with Crippen molar-refractivity contribution in [3.05, 3.63) is 48.0 Å². The monoisotopic (exact) mass is 432 g/mol. The van der Waals surface area contributed by atoms with Gasteiger partial charge in [-0.25, -0.2) is 13.3 Å². The maximum atomic E-state index is 10.6. The molecule has 10 heteroatoms. The molecule has 0 bridgehead atoms. The summed E-state index contributed by atoms with van der Waals surface area (Å²) in [6.07, 6.45) is 0.453. The summed E-state index contributed by atoms with van der Waals surface area (Å²) < 4.78 is 38.1. The molecule has 0 radical (unpaired) electrons. The van der Waals surface area contributed by atoms with Crippen molar-refractivity contribution < 1.29 is 21.7 Å². The molecule has 1 aromatic heterocycles. The second-order valence-electron chi connectivity index (χ2n) is 7.10. The van der Waals surface area contributed by atoms with E-state index in [0.29, 0.717) is 13.0 Å². The van der Waals surface area contributed by atoms with Crippen LogP contribution in [0.15, 0.2) is 52.7 Å². The molecule has 9 nitrogen and oxygen atoms in total. The Morgan fingerprint density at radius 1 is 1.20 bits per heavy atom. The summed E-state index contributed by atoms with van der Waals surface area (Å²) in [5.41, 5.74) is 4.88. The topological polar surface area (TPSA) is 100 Å². The van der Waals surface area contributed by atoms with Crippen molar-refractivity contribution >= 4 is 38.8 Å². The first-order chi connectivity index (χ1) is 14.2. The van der Waals surface area contributed by atoms with Crippen molar-refractivity contribution in [3.63, 3.8) is 0 Å². The van der Waals surface area contributed by atoms with Crippen LogP contribution < -0.4 is 9.47 Å². The van der Waals surface area contributed by atoms with E-state index in [1.807, 2.05) is 84.6 Å². The zero-order valence-corrected chi connectivity index (χ0v) is 18.3. The molecule has 2 aromatic carbocycles. The van der Waals surface area contributed by atoms with E-state index >= 15 is 0 Å². The van der Waals surface area contributed by atoms with Crippen molar-refractivity contribution in [1.82, 2.24) is 4.57 Å². The van der Waals surface area contributed by atoms with Crippen LogP contribution in [-0.2, 0) is 28.7 Å². The average Bonchev–Trinajstić information content (AvgIpc) is 2.94. The van der Waals surface area contributed by atoms with Crippen LogP contribution in [0.3, 0.4) is 0 Å². The second-order valence-corrected chi connectivity index (χ2v) is 8.19. The summed E-state index contributed by atoms with van der Waals surface area (Å²) in [6.45, 7) is 2.46. The van der Waals surface area contributed by atoms with Crippen molar-refractivity contribution in [2.24, 2.45) is 24.3 Å². The van der Waals surface area contributed by atoms with E-state index < -0.39 is 10.4 Å². The third-order valence-electron chi connectivity index (χ3n) is 4.94. The Labute approximate surface area is 176 Å². The summed E-state index contributed by atoms with van der Waals surface area (Å²) in [4.78, 5) is 1.98. The van der Waals surface area contributed by atoms with Gasteiger partial charge in [-0.2, -0.15) is 8.42 Å². The highest BCUT2D eigenvalue weighted by molar-refractivity contribution is 7.80. The molecule has 3 rings (SSSR count). The highest BCUT2D eigenvalue weighted by atomic mass is 32.3. The van der Waals surface area contributed by atoms with Crippen LogP contribution in [0.4, 0.5) is 17.3 Å². The normalized spacial score (nSPS) is 12.2. The number of hydrogen-bond acceptors (Lipinski definition) is 6. The largest absolute Gasteiger partial charge is 0.422 e. The molecule has 0 atom stereocenters. The van der Waals surface area contributed by atoms with E-state index in [-0.39, 0.29) is 6.61 Å². The number of fused-ring (bicyclic) bond motifs is 1. The predicted octanol–water partition coefficient (Wildman–Crippen LogP) is 3.37. The number of para-hydroxylation sites is 2. The molecule has 160 valence electrons. The first-order valence-corrected chi connectivity index (χ1v) is 10.8. The van der Waals surface area contributed by atoms with Crippen molar-refractivity contribution in [2.75, 3.05) is 25.1 Å². The van der Waals surface area contributed by atoms with Gasteiger partial charge in [0.15, 0.2) is 0 Å². The lowest BCUT2D eigenvalue weighted by Crippen LogP contribution is -2.26. The number of hydrogen-bond donors (Lipinski definition) is 1. The zero-order chi connectivity index (χ0) is 21.9. The molecule has 0 fully saturated rings. The average molecular weight is 433 g/mol. The standard InChI is InChI=1S/C20H25N5O4S/c1-15-14-16(23(2)12-7-13-29-30(26,27)28)10-11-17(15)21-22-20-24(3)18-8-5-6-9-19(18)25(20)4/h5-6,8-11,14H,7,12-13H2,1-4H3/p+1. The minimum absolute atomic E-state index is 0.0729. The summed E-state index contributed by atoms with van der Waals surface area (Å²) in [6, 6.07) is 13.9. The van der Waals surface area contributed by atoms with Gasteiger partial charge in [-0.05, 0) is 49.2 Å². The molecule has 1 heterocycles. The minimum atomic E-state index is -4.39. The third kappa shape index (κ3) is 5.02. The smallest absolute Gasteiger partial charge is 0.375 e. The summed E-state index contributed by atoms with van der Waals surface area (Å²) in [5.74, 6) is 0.746. The fourth-order valence-corrected chi connectivity index (χ4v) is 3.62. The fraction of sp³-hybridized carbons (Fsp3) is 0.350. The van der Waals surface area contributed by atoms with Crippen LogP contribution in [0.25, 0.3) is 11.0 Å². The van der Waals surface area contributed by atoms with E-state index in [2.05, 4.69) is 14.4 Å². The van der Waals surface area contributed by atoms with Gasteiger partial charge in [0.1, 0.15) is 16.7 Å². The van der Waals surface area contributed by atoms with Crippen LogP contribution in [0.2, 0.25) is 0 Å². The number of anilines is 1. The van der Waals surface area contributed by atoms with Gasteiger partial charge in [-0.15, -0.1) is 0 Å². The van der Waals surface area contributed by atoms with E-state index in [9.17, 15) is 8.42 Å². The molecular formula is C20H26N5O4S+. The first kappa shape index (κ1) is 21.9. The first-order valence-electron chi connectivity index (χ1n) is 9.46. The molecule has 0 amide bonds. The van der Waals surface area contributed by atoms with Gasteiger partial charge in [0.25, 0.3) is 0 Å². The zero-order valence-electron chi connectivity index (χ0n) is 17.5. The van der Waals surface area contributed by atoms with E-state index in [4.69, 9.17) is 4.55 Å². The van der Waals surface area contributed by atoms with Crippen LogP contribution in [0, 0.1) is 6.92 Å². The van der Waals surface area contributed by atoms with Crippen LogP contribution in [-0.4, -0.2) is 37.7 Å². The number of rotatable bonds is 8. The highest BCUT2D eigenvalue weighted by Gasteiger charge is 2.19.